The van der Waals surface area contributed by atoms with Crippen molar-refractivity contribution in [1.29, 1.82) is 0 Å². The molecule has 106 valence electrons. The molecule has 0 bridgehead atoms. The van der Waals surface area contributed by atoms with Gasteiger partial charge >= 0.3 is 5.97 Å². The van der Waals surface area contributed by atoms with Crippen molar-refractivity contribution in [2.45, 2.75) is 51.9 Å². The molecule has 4 nitrogen and oxygen atoms in total. The van der Waals surface area contributed by atoms with Crippen LogP contribution in [0.2, 0.25) is 0 Å². The van der Waals surface area contributed by atoms with Crippen LogP contribution in [-0.4, -0.2) is 34.5 Å². The van der Waals surface area contributed by atoms with Gasteiger partial charge in [0.2, 0.25) is 0 Å². The van der Waals surface area contributed by atoms with E-state index in [1.54, 1.807) is 19.9 Å². The Kier molecular flexibility index (Phi) is 4.11. The molecule has 0 saturated carbocycles. The molecule has 0 aromatic carbocycles. The lowest BCUT2D eigenvalue weighted by molar-refractivity contribution is -0.143. The Balaban J connectivity index is 2.34. The second-order valence-corrected chi connectivity index (χ2v) is 5.75. The molecule has 5 atom stereocenters. The van der Waals surface area contributed by atoms with Gasteiger partial charge in [0.1, 0.15) is 6.10 Å². The lowest BCUT2D eigenvalue weighted by Crippen LogP contribution is -2.32. The molecular formula is C15H22O4. The molecule has 2 rings (SSSR count). The second kappa shape index (κ2) is 5.47. The van der Waals surface area contributed by atoms with Crippen LogP contribution in [0.25, 0.3) is 0 Å². The van der Waals surface area contributed by atoms with E-state index >= 15 is 0 Å². The maximum atomic E-state index is 11.7. The lowest BCUT2D eigenvalue weighted by Gasteiger charge is -2.25. The van der Waals surface area contributed by atoms with Crippen molar-refractivity contribution >= 4 is 5.97 Å². The van der Waals surface area contributed by atoms with Gasteiger partial charge in [-0.2, -0.15) is 0 Å². The van der Waals surface area contributed by atoms with Gasteiger partial charge in [-0.1, -0.05) is 24.6 Å². The molecule has 0 aromatic heterocycles. The highest BCUT2D eigenvalue weighted by atomic mass is 16.6. The molecule has 0 radical (unpaired) electrons. The summed E-state index contributed by atoms with van der Waals surface area (Å²) in [7, 11) is 0. The summed E-state index contributed by atoms with van der Waals surface area (Å²) in [6.45, 7) is 5.56. The minimum absolute atomic E-state index is 0.240. The molecule has 1 heterocycles. The van der Waals surface area contributed by atoms with Crippen LogP contribution in [0.15, 0.2) is 23.3 Å². The van der Waals surface area contributed by atoms with Gasteiger partial charge in [0.15, 0.2) is 0 Å². The third kappa shape index (κ3) is 2.90. The summed E-state index contributed by atoms with van der Waals surface area (Å²) in [5.74, 6) is -0.794. The van der Waals surface area contributed by atoms with Crippen molar-refractivity contribution in [2.24, 2.45) is 11.8 Å². The summed E-state index contributed by atoms with van der Waals surface area (Å²) in [6, 6.07) is 0. The van der Waals surface area contributed by atoms with E-state index in [-0.39, 0.29) is 23.9 Å². The van der Waals surface area contributed by atoms with Crippen LogP contribution < -0.4 is 0 Å². The van der Waals surface area contributed by atoms with Crippen molar-refractivity contribution in [3.63, 3.8) is 0 Å². The van der Waals surface area contributed by atoms with Crippen LogP contribution in [0.3, 0.4) is 0 Å². The summed E-state index contributed by atoms with van der Waals surface area (Å²) in [5.41, 5.74) is 1.82. The van der Waals surface area contributed by atoms with E-state index in [0.29, 0.717) is 12.8 Å². The SMILES string of the molecule is C/C1=C\C[C@H](O)/C(C)=C/[C@@H](O)[C@@H]2[C@H](C1)OC(=O)[C@@H]2C. The van der Waals surface area contributed by atoms with Crippen LogP contribution >= 0.6 is 0 Å². The quantitative estimate of drug-likeness (QED) is 0.516. The van der Waals surface area contributed by atoms with Gasteiger partial charge in [0.25, 0.3) is 0 Å². The van der Waals surface area contributed by atoms with Gasteiger partial charge in [-0.25, -0.2) is 0 Å². The summed E-state index contributed by atoms with van der Waals surface area (Å²) < 4.78 is 5.38. The Labute approximate surface area is 113 Å². The van der Waals surface area contributed by atoms with Crippen molar-refractivity contribution in [2.75, 3.05) is 0 Å². The fourth-order valence-electron chi connectivity index (χ4n) is 2.90. The molecule has 0 spiro atoms. The van der Waals surface area contributed by atoms with Gasteiger partial charge in [-0.05, 0) is 25.8 Å². The maximum absolute atomic E-state index is 11.7. The third-order valence-electron chi connectivity index (χ3n) is 4.21. The predicted octanol–water partition coefficient (Wildman–Crippen LogP) is 1.57. The van der Waals surface area contributed by atoms with Gasteiger partial charge in [-0.3, -0.25) is 4.79 Å². The number of fused-ring (bicyclic) bond motifs is 1. The van der Waals surface area contributed by atoms with Gasteiger partial charge in [-0.15, -0.1) is 0 Å². The van der Waals surface area contributed by atoms with E-state index in [0.717, 1.165) is 11.1 Å². The molecule has 0 amide bonds. The number of rotatable bonds is 0. The predicted molar refractivity (Wildman–Crippen MR) is 71.3 cm³/mol. The maximum Gasteiger partial charge on any atom is 0.309 e. The molecule has 2 N–H and O–H groups in total. The minimum atomic E-state index is -0.757. The molecule has 2 aliphatic rings. The van der Waals surface area contributed by atoms with Gasteiger partial charge < -0.3 is 14.9 Å². The highest BCUT2D eigenvalue weighted by Crippen LogP contribution is 2.36. The molecule has 1 fully saturated rings. The first-order valence-electron chi connectivity index (χ1n) is 6.80. The Bertz CT molecular complexity index is 424. The van der Waals surface area contributed by atoms with Gasteiger partial charge in [0.05, 0.1) is 18.1 Å². The van der Waals surface area contributed by atoms with E-state index in [4.69, 9.17) is 4.74 Å². The molecule has 4 heteroatoms. The van der Waals surface area contributed by atoms with Gasteiger partial charge in [0, 0.05) is 12.3 Å². The third-order valence-corrected chi connectivity index (χ3v) is 4.21. The summed E-state index contributed by atoms with van der Waals surface area (Å²) in [6.07, 6.45) is 3.19. The summed E-state index contributed by atoms with van der Waals surface area (Å²) in [4.78, 5) is 11.7. The van der Waals surface area contributed by atoms with E-state index in [2.05, 4.69) is 0 Å². The van der Waals surface area contributed by atoms with Crippen molar-refractivity contribution in [1.82, 2.24) is 0 Å². The molecule has 0 aromatic rings. The topological polar surface area (TPSA) is 66.8 Å². The molecule has 1 saturated heterocycles. The zero-order valence-corrected chi connectivity index (χ0v) is 11.7. The zero-order chi connectivity index (χ0) is 14.2. The Hall–Kier alpha value is -1.13. The van der Waals surface area contributed by atoms with Crippen LogP contribution in [0.5, 0.6) is 0 Å². The first-order valence-corrected chi connectivity index (χ1v) is 6.80. The Morgan fingerprint density at radius 2 is 2.00 bits per heavy atom. The average molecular weight is 266 g/mol. The standard InChI is InChI=1S/C15H22O4/c1-8-4-5-11(16)9(2)7-12(17)14-10(3)15(18)19-13(14)6-8/h4,7,10-14,16-17H,5-6H2,1-3H3/b8-4+,9-7+/t10-,11+,12-,13+,14-/m1/s1. The summed E-state index contributed by atoms with van der Waals surface area (Å²) in [5, 5.41) is 20.3. The normalized spacial score (nSPS) is 45.5. The van der Waals surface area contributed by atoms with Crippen molar-refractivity contribution in [3.05, 3.63) is 23.3 Å². The van der Waals surface area contributed by atoms with Crippen LogP contribution in [-0.2, 0) is 9.53 Å². The number of esters is 1. The molecular weight excluding hydrogens is 244 g/mol. The number of aliphatic hydroxyl groups excluding tert-OH is 2. The van der Waals surface area contributed by atoms with E-state index in [9.17, 15) is 15.0 Å². The van der Waals surface area contributed by atoms with Crippen molar-refractivity contribution in [3.8, 4) is 0 Å². The number of hydrogen-bond acceptors (Lipinski definition) is 4. The number of hydrogen-bond donors (Lipinski definition) is 2. The molecule has 1 aliphatic heterocycles. The molecule has 19 heavy (non-hydrogen) atoms. The van der Waals surface area contributed by atoms with Crippen LogP contribution in [0.1, 0.15) is 33.6 Å². The lowest BCUT2D eigenvalue weighted by atomic mass is 9.82. The van der Waals surface area contributed by atoms with Crippen LogP contribution in [0, 0.1) is 11.8 Å². The Morgan fingerprint density at radius 1 is 1.32 bits per heavy atom. The van der Waals surface area contributed by atoms with E-state index in [1.807, 2.05) is 13.0 Å². The van der Waals surface area contributed by atoms with Crippen LogP contribution in [0.4, 0.5) is 0 Å². The van der Waals surface area contributed by atoms with Crippen molar-refractivity contribution < 1.29 is 19.7 Å². The zero-order valence-electron chi connectivity index (χ0n) is 11.7. The smallest absolute Gasteiger partial charge is 0.309 e. The summed E-state index contributed by atoms with van der Waals surface area (Å²) >= 11 is 0. The minimum Gasteiger partial charge on any atom is -0.461 e. The number of ether oxygens (including phenoxy) is 1. The largest absolute Gasteiger partial charge is 0.461 e. The monoisotopic (exact) mass is 266 g/mol. The second-order valence-electron chi connectivity index (χ2n) is 5.75. The fourth-order valence-corrected chi connectivity index (χ4v) is 2.90. The molecule has 0 unspecified atom stereocenters. The highest BCUT2D eigenvalue weighted by molar-refractivity contribution is 5.75. The van der Waals surface area contributed by atoms with E-state index in [1.165, 1.54) is 0 Å². The average Bonchev–Trinajstić information content (AvgIpc) is 2.60. The number of carbonyl (C=O) groups excluding carboxylic acids is 1. The van der Waals surface area contributed by atoms with E-state index < -0.39 is 12.2 Å². The Morgan fingerprint density at radius 3 is 2.68 bits per heavy atom. The first-order chi connectivity index (χ1) is 8.90. The first kappa shape index (κ1) is 14.3. The number of carbonyl (C=O) groups is 1. The fraction of sp³-hybridized carbons (Fsp3) is 0.667. The highest BCUT2D eigenvalue weighted by Gasteiger charge is 2.45. The molecule has 1 aliphatic carbocycles. The number of aliphatic hydroxyl groups is 2.